The molecule has 134 valence electrons. The van der Waals surface area contributed by atoms with Crippen LogP contribution in [0.1, 0.15) is 22.4 Å². The van der Waals surface area contributed by atoms with Crippen molar-refractivity contribution in [3.05, 3.63) is 82.9 Å². The average molecular weight is 374 g/mol. The Bertz CT molecular complexity index is 923. The molecule has 3 aromatic rings. The van der Waals surface area contributed by atoms with E-state index in [2.05, 4.69) is 10.3 Å². The van der Waals surface area contributed by atoms with Gasteiger partial charge in [-0.2, -0.15) is 5.10 Å². The van der Waals surface area contributed by atoms with E-state index in [1.54, 1.807) is 30.0 Å². The van der Waals surface area contributed by atoms with Crippen LogP contribution in [-0.4, -0.2) is 27.3 Å². The first-order chi connectivity index (χ1) is 12.6. The predicted molar refractivity (Wildman–Crippen MR) is 97.7 cm³/mol. The van der Waals surface area contributed by atoms with Crippen LogP contribution in [0.2, 0.25) is 0 Å². The van der Waals surface area contributed by atoms with Crippen molar-refractivity contribution in [1.82, 2.24) is 9.78 Å². The van der Waals surface area contributed by atoms with Gasteiger partial charge >= 0.3 is 0 Å². The summed E-state index contributed by atoms with van der Waals surface area (Å²) in [6.07, 6.45) is 1.78. The maximum Gasteiger partial charge on any atom is 0.178 e. The Morgan fingerprint density at radius 2 is 1.96 bits per heavy atom. The number of rotatable bonds is 6. The molecular formula is C19H17ClFN3O2. The van der Waals surface area contributed by atoms with Gasteiger partial charge in [0.25, 0.3) is 0 Å². The van der Waals surface area contributed by atoms with Gasteiger partial charge in [-0.25, -0.2) is 4.39 Å². The molecule has 0 atom stereocenters. The van der Waals surface area contributed by atoms with Crippen molar-refractivity contribution in [3.8, 4) is 5.75 Å². The van der Waals surface area contributed by atoms with Crippen molar-refractivity contribution >= 4 is 16.8 Å². The van der Waals surface area contributed by atoms with Gasteiger partial charge in [0.1, 0.15) is 11.6 Å². The van der Waals surface area contributed by atoms with Crippen molar-refractivity contribution < 1.29 is 14.3 Å². The Kier molecular flexibility index (Phi) is 5.53. The van der Waals surface area contributed by atoms with Gasteiger partial charge in [0.05, 0.1) is 31.1 Å². The maximum absolute atomic E-state index is 14.1. The van der Waals surface area contributed by atoms with Crippen LogP contribution >= 0.6 is 11.6 Å². The number of hydrogen-bond donors (Lipinski definition) is 1. The third-order valence-electron chi connectivity index (χ3n) is 4.07. The van der Waals surface area contributed by atoms with Crippen LogP contribution in [-0.2, 0) is 13.0 Å². The standard InChI is InChI=1S/C19H17ClFN3O2/c1-26-15-8-6-13(7-9-15)12-24-18(16(11-22-24)19(20)23-25)10-14-4-2-3-5-17(14)21/h2-9,11,25H,10,12H2,1H3/b23-19-. The number of aromatic nitrogens is 2. The molecule has 26 heavy (non-hydrogen) atoms. The lowest BCUT2D eigenvalue weighted by Crippen LogP contribution is -2.10. The van der Waals surface area contributed by atoms with Crippen molar-refractivity contribution in [2.75, 3.05) is 7.11 Å². The number of hydrogen-bond acceptors (Lipinski definition) is 4. The lowest BCUT2D eigenvalue weighted by Gasteiger charge is -2.11. The van der Waals surface area contributed by atoms with Crippen LogP contribution in [0.3, 0.4) is 0 Å². The van der Waals surface area contributed by atoms with Crippen LogP contribution < -0.4 is 4.74 Å². The van der Waals surface area contributed by atoms with Gasteiger partial charge in [-0.15, -0.1) is 0 Å². The molecule has 0 aliphatic rings. The van der Waals surface area contributed by atoms with E-state index in [0.717, 1.165) is 11.3 Å². The molecule has 0 bridgehead atoms. The molecule has 0 spiro atoms. The summed E-state index contributed by atoms with van der Waals surface area (Å²) < 4.78 is 21.0. The fourth-order valence-corrected chi connectivity index (χ4v) is 2.84. The Balaban J connectivity index is 1.96. The summed E-state index contributed by atoms with van der Waals surface area (Å²) in [6.45, 7) is 0.462. The molecule has 0 saturated carbocycles. The van der Waals surface area contributed by atoms with E-state index in [1.165, 1.54) is 12.3 Å². The smallest absolute Gasteiger partial charge is 0.178 e. The Hall–Kier alpha value is -2.86. The van der Waals surface area contributed by atoms with Crippen LogP contribution in [0.25, 0.3) is 0 Å². The second-order valence-corrected chi connectivity index (χ2v) is 6.03. The molecular weight excluding hydrogens is 357 g/mol. The second-order valence-electron chi connectivity index (χ2n) is 5.67. The monoisotopic (exact) mass is 373 g/mol. The number of methoxy groups -OCH3 is 1. The number of nitrogens with zero attached hydrogens (tertiary/aromatic N) is 3. The van der Waals surface area contributed by atoms with Crippen LogP contribution in [0.4, 0.5) is 4.39 Å². The summed E-state index contributed by atoms with van der Waals surface area (Å²) in [5.74, 6) is 0.449. The zero-order valence-corrected chi connectivity index (χ0v) is 14.8. The maximum atomic E-state index is 14.1. The van der Waals surface area contributed by atoms with E-state index >= 15 is 0 Å². The number of halogens is 2. The zero-order valence-electron chi connectivity index (χ0n) is 14.1. The SMILES string of the molecule is COc1ccc(Cn2ncc(/C(Cl)=N/O)c2Cc2ccccc2F)cc1. The molecule has 0 aliphatic carbocycles. The highest BCUT2D eigenvalue weighted by atomic mass is 35.5. The Morgan fingerprint density at radius 1 is 1.23 bits per heavy atom. The predicted octanol–water partition coefficient (Wildman–Crippen LogP) is 4.04. The number of benzene rings is 2. The quantitative estimate of drug-likeness (QED) is 0.403. The highest BCUT2D eigenvalue weighted by molar-refractivity contribution is 6.69. The molecule has 1 N–H and O–H groups in total. The minimum Gasteiger partial charge on any atom is -0.497 e. The topological polar surface area (TPSA) is 59.6 Å². The molecule has 7 heteroatoms. The van der Waals surface area contributed by atoms with E-state index in [-0.39, 0.29) is 17.4 Å². The van der Waals surface area contributed by atoms with E-state index in [9.17, 15) is 4.39 Å². The van der Waals surface area contributed by atoms with Crippen LogP contribution in [0, 0.1) is 5.82 Å². The molecule has 0 aliphatic heterocycles. The van der Waals surface area contributed by atoms with Gasteiger partial charge in [-0.1, -0.05) is 47.1 Å². The van der Waals surface area contributed by atoms with Gasteiger partial charge < -0.3 is 9.94 Å². The lowest BCUT2D eigenvalue weighted by molar-refractivity contribution is 0.321. The molecule has 5 nitrogen and oxygen atoms in total. The van der Waals surface area contributed by atoms with Gasteiger partial charge in [-0.3, -0.25) is 4.68 Å². The summed E-state index contributed by atoms with van der Waals surface area (Å²) in [7, 11) is 1.61. The molecule has 2 aromatic carbocycles. The van der Waals surface area contributed by atoms with Gasteiger partial charge in [0.15, 0.2) is 5.17 Å². The summed E-state index contributed by atoms with van der Waals surface area (Å²) >= 11 is 5.99. The first-order valence-corrected chi connectivity index (χ1v) is 8.29. The summed E-state index contributed by atoms with van der Waals surface area (Å²) in [6, 6.07) is 14.1. The van der Waals surface area contributed by atoms with E-state index < -0.39 is 0 Å². The fraction of sp³-hybridized carbons (Fsp3) is 0.158. The van der Waals surface area contributed by atoms with Gasteiger partial charge in [0.2, 0.25) is 0 Å². The third kappa shape index (κ3) is 3.86. The molecule has 1 aromatic heterocycles. The van der Waals surface area contributed by atoms with Crippen molar-refractivity contribution in [1.29, 1.82) is 0 Å². The molecule has 3 rings (SSSR count). The Labute approximate surface area is 155 Å². The minimum absolute atomic E-state index is 0.0858. The Morgan fingerprint density at radius 3 is 2.62 bits per heavy atom. The van der Waals surface area contributed by atoms with Crippen molar-refractivity contribution in [2.24, 2.45) is 5.16 Å². The number of ether oxygens (including phenoxy) is 1. The molecule has 0 fully saturated rings. The molecule has 0 amide bonds. The first kappa shape index (κ1) is 17.9. The zero-order chi connectivity index (χ0) is 18.5. The second kappa shape index (κ2) is 8.01. The average Bonchev–Trinajstić information content (AvgIpc) is 3.06. The largest absolute Gasteiger partial charge is 0.497 e. The number of oxime groups is 1. The van der Waals surface area contributed by atoms with Gasteiger partial charge in [0, 0.05) is 6.42 Å². The molecule has 0 saturated heterocycles. The third-order valence-corrected chi connectivity index (χ3v) is 4.35. The minimum atomic E-state index is -0.312. The van der Waals surface area contributed by atoms with Crippen LogP contribution in [0.15, 0.2) is 59.9 Å². The lowest BCUT2D eigenvalue weighted by atomic mass is 10.1. The highest BCUT2D eigenvalue weighted by Gasteiger charge is 2.17. The van der Waals surface area contributed by atoms with Crippen molar-refractivity contribution in [2.45, 2.75) is 13.0 Å². The van der Waals surface area contributed by atoms with E-state index in [1.807, 2.05) is 24.3 Å². The normalized spacial score (nSPS) is 11.6. The van der Waals surface area contributed by atoms with Crippen molar-refractivity contribution in [3.63, 3.8) is 0 Å². The van der Waals surface area contributed by atoms with E-state index in [0.29, 0.717) is 23.4 Å². The molecule has 1 heterocycles. The molecule has 0 radical (unpaired) electrons. The first-order valence-electron chi connectivity index (χ1n) is 7.91. The summed E-state index contributed by atoms with van der Waals surface area (Å²) in [4.78, 5) is 0. The van der Waals surface area contributed by atoms with E-state index in [4.69, 9.17) is 21.5 Å². The molecule has 0 unspecified atom stereocenters. The highest BCUT2D eigenvalue weighted by Crippen LogP contribution is 2.21. The summed E-state index contributed by atoms with van der Waals surface area (Å²) in [5.41, 5.74) is 2.62. The fourth-order valence-electron chi connectivity index (χ4n) is 2.69. The van der Waals surface area contributed by atoms with Gasteiger partial charge in [-0.05, 0) is 29.3 Å². The van der Waals surface area contributed by atoms with Crippen LogP contribution in [0.5, 0.6) is 5.75 Å². The summed E-state index contributed by atoms with van der Waals surface area (Å²) in [5, 5.41) is 16.3.